The van der Waals surface area contributed by atoms with Crippen LogP contribution in [0.1, 0.15) is 227 Å². The molecule has 9 heteroatoms. The number of hydrogen-bond donors (Lipinski definition) is 1. The summed E-state index contributed by atoms with van der Waals surface area (Å²) in [5, 5.41) is 0. The Kier molecular flexibility index (Phi) is 37.4. The molecule has 4 atom stereocenters. The van der Waals surface area contributed by atoms with Gasteiger partial charge in [0.2, 0.25) is 6.29 Å². The van der Waals surface area contributed by atoms with E-state index >= 15 is 0 Å². The van der Waals surface area contributed by atoms with Crippen molar-refractivity contribution >= 4 is 13.8 Å². The molecule has 0 spiro atoms. The van der Waals surface area contributed by atoms with E-state index in [0.717, 1.165) is 64.2 Å². The summed E-state index contributed by atoms with van der Waals surface area (Å²) in [7, 11) is -4.74. The van der Waals surface area contributed by atoms with E-state index in [4.69, 9.17) is 24.3 Å². The largest absolute Gasteiger partial charge is 0.756 e. The smallest absolute Gasteiger partial charge is 0.311 e. The fourth-order valence-electron chi connectivity index (χ4n) is 6.63. The Morgan fingerprint density at radius 1 is 0.569 bits per heavy atom. The first-order valence-electron chi connectivity index (χ1n) is 22.0. The lowest BCUT2D eigenvalue weighted by molar-refractivity contribution is -0.254. The standard InChI is InChI=1S/C42H86NO7P/c1-5-8-11-13-15-17-19-21-22-24-26-28-30-33-37-47-39(4)42(50-51(45,46)48-38-36-43)49-41(44)40(34-31-10-7-3)35-32-29-27-25-23-20-18-16-14-12-9-6-2/h39-40,42H,5-38,43H2,1-4H3,(H,45,46)/p-1/t39-,40?,42?/m1/s1. The molecule has 3 unspecified atom stereocenters. The van der Waals surface area contributed by atoms with Crippen LogP contribution in [0.15, 0.2) is 0 Å². The highest BCUT2D eigenvalue weighted by molar-refractivity contribution is 7.45. The van der Waals surface area contributed by atoms with Gasteiger partial charge in [0.05, 0.1) is 12.5 Å². The van der Waals surface area contributed by atoms with Crippen LogP contribution in [0.5, 0.6) is 0 Å². The second-order valence-electron chi connectivity index (χ2n) is 15.0. The third-order valence-electron chi connectivity index (χ3n) is 9.99. The van der Waals surface area contributed by atoms with Crippen LogP contribution in [0.4, 0.5) is 0 Å². The molecule has 2 N–H and O–H groups in total. The molecular weight excluding hydrogens is 661 g/mol. The van der Waals surface area contributed by atoms with E-state index in [9.17, 15) is 14.3 Å². The first kappa shape index (κ1) is 50.5. The van der Waals surface area contributed by atoms with Crippen molar-refractivity contribution in [1.82, 2.24) is 0 Å². The van der Waals surface area contributed by atoms with Crippen molar-refractivity contribution in [2.24, 2.45) is 11.7 Å². The number of ether oxygens (including phenoxy) is 2. The molecule has 0 aromatic rings. The minimum absolute atomic E-state index is 0.0315. The van der Waals surface area contributed by atoms with Crippen molar-refractivity contribution < 1.29 is 32.8 Å². The summed E-state index contributed by atoms with van der Waals surface area (Å²) in [6.45, 7) is 8.64. The minimum Gasteiger partial charge on any atom is -0.756 e. The maximum Gasteiger partial charge on any atom is 0.311 e. The van der Waals surface area contributed by atoms with E-state index < -0.39 is 26.2 Å². The molecule has 0 rings (SSSR count). The van der Waals surface area contributed by atoms with Gasteiger partial charge in [-0.1, -0.05) is 201 Å². The average molecular weight is 747 g/mol. The SMILES string of the molecule is CCCCCCCCCCCCCCCCO[C@H](C)C(OC(=O)C(CCCCC)CCCCCCCCCCCCCC)OP(=O)([O-])OCCN. The molecular formula is C42H85NO7P-. The number of phosphoric ester groups is 1. The van der Waals surface area contributed by atoms with Crippen molar-refractivity contribution in [2.75, 3.05) is 19.8 Å². The predicted octanol–water partition coefficient (Wildman–Crippen LogP) is 12.5. The van der Waals surface area contributed by atoms with E-state index in [0.29, 0.717) is 6.61 Å². The lowest BCUT2D eigenvalue weighted by Gasteiger charge is -2.31. The maximum absolute atomic E-state index is 13.5. The van der Waals surface area contributed by atoms with E-state index in [1.807, 2.05) is 0 Å². The van der Waals surface area contributed by atoms with Gasteiger partial charge in [0.15, 0.2) is 0 Å². The third-order valence-corrected chi connectivity index (χ3v) is 11.0. The first-order chi connectivity index (χ1) is 24.8. The highest BCUT2D eigenvalue weighted by Crippen LogP contribution is 2.41. The van der Waals surface area contributed by atoms with E-state index in [-0.39, 0.29) is 19.1 Å². The van der Waals surface area contributed by atoms with Gasteiger partial charge in [0.25, 0.3) is 7.82 Å². The van der Waals surface area contributed by atoms with Crippen molar-refractivity contribution in [1.29, 1.82) is 0 Å². The molecule has 306 valence electrons. The fourth-order valence-corrected chi connectivity index (χ4v) is 7.49. The van der Waals surface area contributed by atoms with Crippen LogP contribution in [0.25, 0.3) is 0 Å². The van der Waals surface area contributed by atoms with E-state index in [1.54, 1.807) is 6.92 Å². The normalized spacial score (nSPS) is 14.7. The molecule has 0 radical (unpaired) electrons. The van der Waals surface area contributed by atoms with Gasteiger partial charge < -0.3 is 24.6 Å². The molecule has 0 aliphatic heterocycles. The van der Waals surface area contributed by atoms with Crippen LogP contribution >= 0.6 is 7.82 Å². The van der Waals surface area contributed by atoms with Crippen LogP contribution in [0.3, 0.4) is 0 Å². The molecule has 51 heavy (non-hydrogen) atoms. The number of nitrogens with two attached hydrogens (primary N) is 1. The highest BCUT2D eigenvalue weighted by Gasteiger charge is 2.31. The average Bonchev–Trinajstić information content (AvgIpc) is 3.11. The number of carbonyl (C=O) groups is 1. The third kappa shape index (κ3) is 33.8. The molecule has 0 bridgehead atoms. The number of esters is 1. The number of rotatable bonds is 41. The zero-order chi connectivity index (χ0) is 37.7. The number of hydrogen-bond acceptors (Lipinski definition) is 8. The quantitative estimate of drug-likeness (QED) is 0.0284. The van der Waals surface area contributed by atoms with Gasteiger partial charge in [-0.25, -0.2) is 0 Å². The summed E-state index contributed by atoms with van der Waals surface area (Å²) in [6, 6.07) is 0. The summed E-state index contributed by atoms with van der Waals surface area (Å²) in [6.07, 6.45) is 35.3. The summed E-state index contributed by atoms with van der Waals surface area (Å²) in [5.41, 5.74) is 5.44. The monoisotopic (exact) mass is 747 g/mol. The van der Waals surface area contributed by atoms with Gasteiger partial charge in [-0.3, -0.25) is 13.9 Å². The first-order valence-corrected chi connectivity index (χ1v) is 23.4. The van der Waals surface area contributed by atoms with Gasteiger partial charge in [-0.05, 0) is 26.2 Å². The van der Waals surface area contributed by atoms with Crippen molar-refractivity contribution in [3.8, 4) is 0 Å². The van der Waals surface area contributed by atoms with Crippen molar-refractivity contribution in [2.45, 2.75) is 239 Å². The zero-order valence-electron chi connectivity index (χ0n) is 34.2. The lowest BCUT2D eigenvalue weighted by atomic mass is 9.94. The van der Waals surface area contributed by atoms with Gasteiger partial charge in [0.1, 0.15) is 6.10 Å². The van der Waals surface area contributed by atoms with Gasteiger partial charge in [0, 0.05) is 13.2 Å². The second kappa shape index (κ2) is 37.8. The molecule has 0 saturated carbocycles. The summed E-state index contributed by atoms with van der Waals surface area (Å²) in [5.74, 6) is -0.704. The van der Waals surface area contributed by atoms with Crippen LogP contribution in [-0.2, 0) is 27.9 Å². The zero-order valence-corrected chi connectivity index (χ0v) is 35.1. The Balaban J connectivity index is 4.68. The molecule has 0 aliphatic carbocycles. The Hall–Kier alpha value is -0.500. The molecule has 0 heterocycles. The van der Waals surface area contributed by atoms with Gasteiger partial charge in [-0.2, -0.15) is 0 Å². The predicted molar refractivity (Wildman–Crippen MR) is 213 cm³/mol. The molecule has 8 nitrogen and oxygen atoms in total. The maximum atomic E-state index is 13.5. The second-order valence-corrected chi connectivity index (χ2v) is 16.4. The highest BCUT2D eigenvalue weighted by atomic mass is 31.2. The van der Waals surface area contributed by atoms with Crippen LogP contribution in [-0.4, -0.2) is 38.1 Å². The van der Waals surface area contributed by atoms with E-state index in [1.165, 1.54) is 135 Å². The number of unbranched alkanes of at least 4 members (excludes halogenated alkanes) is 26. The molecule has 0 aliphatic rings. The minimum atomic E-state index is -4.74. The Labute approximate surface area is 316 Å². The Bertz CT molecular complexity index is 786. The molecule has 0 aromatic carbocycles. The van der Waals surface area contributed by atoms with Crippen LogP contribution in [0, 0.1) is 5.92 Å². The van der Waals surface area contributed by atoms with Gasteiger partial charge >= 0.3 is 5.97 Å². The van der Waals surface area contributed by atoms with Crippen molar-refractivity contribution in [3.63, 3.8) is 0 Å². The summed E-state index contributed by atoms with van der Waals surface area (Å²) in [4.78, 5) is 26.0. The molecule has 0 amide bonds. The van der Waals surface area contributed by atoms with Crippen molar-refractivity contribution in [3.05, 3.63) is 0 Å². The number of phosphoric acid groups is 1. The summed E-state index contributed by atoms with van der Waals surface area (Å²) < 4.78 is 34.5. The van der Waals surface area contributed by atoms with Crippen LogP contribution < -0.4 is 10.6 Å². The lowest BCUT2D eigenvalue weighted by Crippen LogP contribution is -2.37. The molecule has 0 saturated heterocycles. The summed E-state index contributed by atoms with van der Waals surface area (Å²) >= 11 is 0. The fraction of sp³-hybridized carbons (Fsp3) is 0.976. The number of carbonyl (C=O) groups excluding carboxylic acids is 1. The molecule has 0 fully saturated rings. The topological polar surface area (TPSA) is 120 Å². The Morgan fingerprint density at radius 2 is 0.922 bits per heavy atom. The molecule has 0 aromatic heterocycles. The van der Waals surface area contributed by atoms with Gasteiger partial charge in [-0.15, -0.1) is 0 Å². The Morgan fingerprint density at radius 3 is 1.33 bits per heavy atom. The van der Waals surface area contributed by atoms with Crippen LogP contribution in [0.2, 0.25) is 0 Å². The van der Waals surface area contributed by atoms with E-state index in [2.05, 4.69) is 20.8 Å².